The topological polar surface area (TPSA) is 69.6 Å². The van der Waals surface area contributed by atoms with Crippen molar-refractivity contribution in [2.24, 2.45) is 11.3 Å². The van der Waals surface area contributed by atoms with Gasteiger partial charge in [0.15, 0.2) is 0 Å². The van der Waals surface area contributed by atoms with E-state index in [-0.39, 0.29) is 12.6 Å². The third-order valence-corrected chi connectivity index (χ3v) is 3.56. The van der Waals surface area contributed by atoms with E-state index in [0.29, 0.717) is 18.9 Å². The van der Waals surface area contributed by atoms with Gasteiger partial charge in [0.1, 0.15) is 0 Å². The van der Waals surface area contributed by atoms with Gasteiger partial charge in [-0.05, 0) is 19.3 Å². The third kappa shape index (κ3) is 4.94. The summed E-state index contributed by atoms with van der Waals surface area (Å²) in [6.45, 7) is 8.44. The fourth-order valence-corrected chi connectivity index (χ4v) is 1.44. The fourth-order valence-electron chi connectivity index (χ4n) is 1.44. The van der Waals surface area contributed by atoms with E-state index in [1.165, 1.54) is 0 Å². The average Bonchev–Trinajstić information content (AvgIpc) is 2.34. The summed E-state index contributed by atoms with van der Waals surface area (Å²) in [6.07, 6.45) is 1.50. The molecule has 0 heterocycles. The highest BCUT2D eigenvalue weighted by Gasteiger charge is 2.31. The quantitative estimate of drug-likeness (QED) is 0.735. The highest BCUT2D eigenvalue weighted by molar-refractivity contribution is 5.77. The van der Waals surface area contributed by atoms with Gasteiger partial charge in [-0.2, -0.15) is 0 Å². The minimum atomic E-state index is -0.896. The zero-order valence-corrected chi connectivity index (χ0v) is 12.1. The van der Waals surface area contributed by atoms with Gasteiger partial charge >= 0.3 is 12.0 Å². The molecule has 106 valence electrons. The molecule has 0 aromatic carbocycles. The second-order valence-electron chi connectivity index (χ2n) is 5.27. The number of hydrogen-bond donors (Lipinski definition) is 2. The standard InChI is InChI=1S/C13H26N2O3/c1-6-10(3)8-15(5)12(18)14-9-13(4,7-2)11(16)17/h10H,6-9H2,1-5H3,(H,14,18)(H,16,17). The first kappa shape index (κ1) is 16.7. The van der Waals surface area contributed by atoms with Crippen LogP contribution in [0, 0.1) is 11.3 Å². The summed E-state index contributed by atoms with van der Waals surface area (Å²) >= 11 is 0. The molecular weight excluding hydrogens is 232 g/mol. The number of carbonyl (C=O) groups is 2. The first-order chi connectivity index (χ1) is 8.26. The molecule has 0 aliphatic rings. The smallest absolute Gasteiger partial charge is 0.317 e. The van der Waals surface area contributed by atoms with E-state index < -0.39 is 11.4 Å². The summed E-state index contributed by atoms with van der Waals surface area (Å²) in [5.74, 6) is -0.437. The first-order valence-electron chi connectivity index (χ1n) is 6.49. The predicted molar refractivity (Wildman–Crippen MR) is 71.5 cm³/mol. The average molecular weight is 258 g/mol. The van der Waals surface area contributed by atoms with Crippen LogP contribution in [0.25, 0.3) is 0 Å². The molecule has 0 spiro atoms. The predicted octanol–water partition coefficient (Wildman–Crippen LogP) is 2.17. The number of hydrogen-bond acceptors (Lipinski definition) is 2. The van der Waals surface area contributed by atoms with Crippen molar-refractivity contribution in [3.05, 3.63) is 0 Å². The molecule has 2 unspecified atom stereocenters. The van der Waals surface area contributed by atoms with E-state index in [1.807, 2.05) is 6.92 Å². The van der Waals surface area contributed by atoms with Crippen molar-refractivity contribution in [1.29, 1.82) is 0 Å². The van der Waals surface area contributed by atoms with Crippen LogP contribution in [0.3, 0.4) is 0 Å². The van der Waals surface area contributed by atoms with Crippen molar-refractivity contribution in [3.8, 4) is 0 Å². The molecule has 0 saturated carbocycles. The summed E-state index contributed by atoms with van der Waals surface area (Å²) in [4.78, 5) is 24.5. The number of carboxylic acids is 1. The zero-order chi connectivity index (χ0) is 14.3. The number of carboxylic acid groups (broad SMARTS) is 1. The van der Waals surface area contributed by atoms with Crippen LogP contribution in [-0.4, -0.2) is 42.1 Å². The minimum Gasteiger partial charge on any atom is -0.481 e. The molecular formula is C13H26N2O3. The molecule has 0 aliphatic heterocycles. The van der Waals surface area contributed by atoms with E-state index in [2.05, 4.69) is 19.2 Å². The Labute approximate surface area is 110 Å². The van der Waals surface area contributed by atoms with Crippen LogP contribution in [0.1, 0.15) is 40.5 Å². The fraction of sp³-hybridized carbons (Fsp3) is 0.846. The van der Waals surface area contributed by atoms with Crippen LogP contribution in [0.2, 0.25) is 0 Å². The Hall–Kier alpha value is -1.26. The van der Waals surface area contributed by atoms with E-state index >= 15 is 0 Å². The zero-order valence-electron chi connectivity index (χ0n) is 12.1. The molecule has 0 radical (unpaired) electrons. The van der Waals surface area contributed by atoms with Crippen molar-refractivity contribution in [3.63, 3.8) is 0 Å². The normalized spacial score (nSPS) is 15.6. The maximum Gasteiger partial charge on any atom is 0.317 e. The molecule has 0 fully saturated rings. The van der Waals surface area contributed by atoms with E-state index in [0.717, 1.165) is 6.42 Å². The molecule has 0 rings (SSSR count). The minimum absolute atomic E-state index is 0.155. The van der Waals surface area contributed by atoms with Crippen LogP contribution in [0.5, 0.6) is 0 Å². The lowest BCUT2D eigenvalue weighted by Gasteiger charge is -2.26. The molecule has 18 heavy (non-hydrogen) atoms. The molecule has 0 aromatic rings. The van der Waals surface area contributed by atoms with Gasteiger partial charge in [-0.1, -0.05) is 27.2 Å². The van der Waals surface area contributed by atoms with Gasteiger partial charge in [0.05, 0.1) is 5.41 Å². The summed E-state index contributed by atoms with van der Waals surface area (Å²) in [7, 11) is 1.73. The van der Waals surface area contributed by atoms with Gasteiger partial charge < -0.3 is 15.3 Å². The highest BCUT2D eigenvalue weighted by Crippen LogP contribution is 2.19. The molecule has 0 aromatic heterocycles. The monoisotopic (exact) mass is 258 g/mol. The van der Waals surface area contributed by atoms with Crippen molar-refractivity contribution in [1.82, 2.24) is 10.2 Å². The van der Waals surface area contributed by atoms with Gasteiger partial charge in [0.2, 0.25) is 0 Å². The van der Waals surface area contributed by atoms with Crippen LogP contribution < -0.4 is 5.32 Å². The number of aliphatic carboxylic acids is 1. The lowest BCUT2D eigenvalue weighted by molar-refractivity contribution is -0.147. The Balaban J connectivity index is 4.28. The molecule has 0 bridgehead atoms. The Morgan fingerprint density at radius 2 is 1.94 bits per heavy atom. The van der Waals surface area contributed by atoms with Crippen molar-refractivity contribution >= 4 is 12.0 Å². The number of carbonyl (C=O) groups excluding carboxylic acids is 1. The summed E-state index contributed by atoms with van der Waals surface area (Å²) in [5.41, 5.74) is -0.896. The van der Waals surface area contributed by atoms with Gasteiger partial charge in [-0.15, -0.1) is 0 Å². The number of nitrogens with zero attached hydrogens (tertiary/aromatic N) is 1. The third-order valence-electron chi connectivity index (χ3n) is 3.56. The van der Waals surface area contributed by atoms with Crippen LogP contribution in [0.15, 0.2) is 0 Å². The summed E-state index contributed by atoms with van der Waals surface area (Å²) in [6, 6.07) is -0.212. The Morgan fingerprint density at radius 1 is 1.39 bits per heavy atom. The molecule has 5 nitrogen and oxygen atoms in total. The van der Waals surface area contributed by atoms with Crippen molar-refractivity contribution < 1.29 is 14.7 Å². The lowest BCUT2D eigenvalue weighted by atomic mass is 9.88. The van der Waals surface area contributed by atoms with E-state index in [1.54, 1.807) is 18.9 Å². The number of rotatable bonds is 7. The highest BCUT2D eigenvalue weighted by atomic mass is 16.4. The maximum atomic E-state index is 11.8. The van der Waals surface area contributed by atoms with Crippen LogP contribution in [-0.2, 0) is 4.79 Å². The van der Waals surface area contributed by atoms with Crippen molar-refractivity contribution in [2.45, 2.75) is 40.5 Å². The van der Waals surface area contributed by atoms with Crippen LogP contribution in [0.4, 0.5) is 4.79 Å². The van der Waals surface area contributed by atoms with Crippen LogP contribution >= 0.6 is 0 Å². The maximum absolute atomic E-state index is 11.8. The molecule has 2 atom stereocenters. The summed E-state index contributed by atoms with van der Waals surface area (Å²) in [5, 5.41) is 11.8. The summed E-state index contributed by atoms with van der Waals surface area (Å²) < 4.78 is 0. The first-order valence-corrected chi connectivity index (χ1v) is 6.49. The van der Waals surface area contributed by atoms with Gasteiger partial charge in [-0.3, -0.25) is 4.79 Å². The second kappa shape index (κ2) is 7.24. The van der Waals surface area contributed by atoms with Gasteiger partial charge in [-0.25, -0.2) is 4.79 Å². The van der Waals surface area contributed by atoms with E-state index in [9.17, 15) is 9.59 Å². The molecule has 0 aliphatic carbocycles. The van der Waals surface area contributed by atoms with Gasteiger partial charge in [0.25, 0.3) is 0 Å². The molecule has 2 N–H and O–H groups in total. The number of urea groups is 1. The van der Waals surface area contributed by atoms with Crippen molar-refractivity contribution in [2.75, 3.05) is 20.1 Å². The number of amides is 2. The Bertz CT molecular complexity index is 294. The molecule has 0 saturated heterocycles. The SMILES string of the molecule is CCC(C)CN(C)C(=O)NCC(C)(CC)C(=O)O. The largest absolute Gasteiger partial charge is 0.481 e. The lowest BCUT2D eigenvalue weighted by Crippen LogP contribution is -2.46. The Kier molecular flexibility index (Phi) is 6.73. The van der Waals surface area contributed by atoms with Gasteiger partial charge in [0, 0.05) is 20.1 Å². The molecule has 2 amide bonds. The number of nitrogens with one attached hydrogen (secondary N) is 1. The second-order valence-corrected chi connectivity index (χ2v) is 5.27. The Morgan fingerprint density at radius 3 is 2.33 bits per heavy atom. The molecule has 5 heteroatoms. The van der Waals surface area contributed by atoms with E-state index in [4.69, 9.17) is 5.11 Å².